The van der Waals surface area contributed by atoms with E-state index in [1.54, 1.807) is 12.3 Å². The van der Waals surface area contributed by atoms with E-state index in [2.05, 4.69) is 20.5 Å². The number of hydrogen-bond donors (Lipinski definition) is 1. The Labute approximate surface area is 140 Å². The van der Waals surface area contributed by atoms with Crippen LogP contribution in [0.4, 0.5) is 5.69 Å². The molecule has 0 aliphatic carbocycles. The number of carbonyl (C=O) groups is 1. The van der Waals surface area contributed by atoms with Crippen LogP contribution in [0.15, 0.2) is 47.0 Å². The highest BCUT2D eigenvalue weighted by atomic mass is 16.4. The average Bonchev–Trinajstić information content (AvgIpc) is 3.06. The third-order valence-electron chi connectivity index (χ3n) is 3.71. The van der Waals surface area contributed by atoms with Gasteiger partial charge in [0, 0.05) is 24.7 Å². The molecule has 6 heteroatoms. The van der Waals surface area contributed by atoms with Crippen LogP contribution in [0.25, 0.3) is 11.6 Å². The lowest BCUT2D eigenvalue weighted by Gasteiger charge is -2.06. The van der Waals surface area contributed by atoms with Crippen molar-refractivity contribution in [2.75, 3.05) is 5.32 Å². The maximum Gasteiger partial charge on any atom is 0.266 e. The smallest absolute Gasteiger partial charge is 0.266 e. The summed E-state index contributed by atoms with van der Waals surface area (Å²) >= 11 is 0. The van der Waals surface area contributed by atoms with Crippen LogP contribution in [0.2, 0.25) is 0 Å². The molecular formula is C18H18N4O2. The largest absolute Gasteiger partial charge is 0.419 e. The number of aromatic nitrogens is 3. The van der Waals surface area contributed by atoms with Gasteiger partial charge in [-0.3, -0.25) is 9.78 Å². The van der Waals surface area contributed by atoms with Gasteiger partial charge in [0.05, 0.1) is 0 Å². The van der Waals surface area contributed by atoms with Crippen molar-refractivity contribution in [2.45, 2.75) is 26.7 Å². The summed E-state index contributed by atoms with van der Waals surface area (Å²) in [4.78, 5) is 16.2. The van der Waals surface area contributed by atoms with E-state index in [-0.39, 0.29) is 12.3 Å². The molecule has 122 valence electrons. The summed E-state index contributed by atoms with van der Waals surface area (Å²) < 4.78 is 5.54. The normalized spacial score (nSPS) is 10.6. The molecule has 6 nitrogen and oxygen atoms in total. The molecule has 24 heavy (non-hydrogen) atoms. The Morgan fingerprint density at radius 3 is 2.75 bits per heavy atom. The zero-order valence-corrected chi connectivity index (χ0v) is 13.6. The highest BCUT2D eigenvalue weighted by Crippen LogP contribution is 2.16. The van der Waals surface area contributed by atoms with Crippen LogP contribution in [0.5, 0.6) is 0 Å². The van der Waals surface area contributed by atoms with Crippen molar-refractivity contribution in [2.24, 2.45) is 0 Å². The van der Waals surface area contributed by atoms with Gasteiger partial charge >= 0.3 is 0 Å². The third kappa shape index (κ3) is 3.84. The molecule has 0 aliphatic rings. The first-order valence-corrected chi connectivity index (χ1v) is 7.73. The quantitative estimate of drug-likeness (QED) is 0.779. The molecule has 1 aromatic carbocycles. The first-order valence-electron chi connectivity index (χ1n) is 7.73. The lowest BCUT2D eigenvalue weighted by atomic mass is 10.1. The second-order valence-corrected chi connectivity index (χ2v) is 5.56. The molecule has 3 rings (SSSR count). The van der Waals surface area contributed by atoms with Gasteiger partial charge in [0.1, 0.15) is 5.69 Å². The molecule has 0 aliphatic heterocycles. The molecule has 0 radical (unpaired) electrons. The number of rotatable bonds is 5. The lowest BCUT2D eigenvalue weighted by molar-refractivity contribution is -0.116. The van der Waals surface area contributed by atoms with Gasteiger partial charge < -0.3 is 9.73 Å². The summed E-state index contributed by atoms with van der Waals surface area (Å²) in [5.74, 6) is 0.696. The molecule has 0 saturated carbocycles. The molecule has 2 aromatic heterocycles. The van der Waals surface area contributed by atoms with E-state index in [0.29, 0.717) is 23.9 Å². The molecule has 0 atom stereocenters. The molecule has 0 unspecified atom stereocenters. The van der Waals surface area contributed by atoms with Crippen molar-refractivity contribution in [1.29, 1.82) is 0 Å². The fourth-order valence-electron chi connectivity index (χ4n) is 2.21. The molecule has 0 bridgehead atoms. The summed E-state index contributed by atoms with van der Waals surface area (Å²) in [6.07, 6.45) is 2.32. The lowest BCUT2D eigenvalue weighted by Crippen LogP contribution is -2.12. The standard InChI is InChI=1S/C18H18N4O2/c1-12-6-7-14(11-13(12)2)20-16(23)8-9-17-21-22-18(24-17)15-5-3-4-10-19-15/h3-7,10-11H,8-9H2,1-2H3,(H,20,23). The van der Waals surface area contributed by atoms with Crippen LogP contribution in [0.3, 0.4) is 0 Å². The maximum absolute atomic E-state index is 12.0. The van der Waals surface area contributed by atoms with Crippen molar-refractivity contribution >= 4 is 11.6 Å². The van der Waals surface area contributed by atoms with E-state index in [1.165, 1.54) is 5.56 Å². The summed E-state index contributed by atoms with van der Waals surface area (Å²) in [6, 6.07) is 11.3. The van der Waals surface area contributed by atoms with Gasteiger partial charge in [0.25, 0.3) is 5.89 Å². The SMILES string of the molecule is Cc1ccc(NC(=O)CCc2nnc(-c3ccccn3)o2)cc1C. The number of amides is 1. The van der Waals surface area contributed by atoms with Gasteiger partial charge in [-0.05, 0) is 49.2 Å². The van der Waals surface area contributed by atoms with Gasteiger partial charge in [-0.15, -0.1) is 10.2 Å². The molecule has 2 heterocycles. The third-order valence-corrected chi connectivity index (χ3v) is 3.71. The van der Waals surface area contributed by atoms with Crippen molar-refractivity contribution in [1.82, 2.24) is 15.2 Å². The Morgan fingerprint density at radius 1 is 1.12 bits per heavy atom. The minimum Gasteiger partial charge on any atom is -0.419 e. The Hall–Kier alpha value is -3.02. The van der Waals surface area contributed by atoms with Gasteiger partial charge in [0.15, 0.2) is 0 Å². The van der Waals surface area contributed by atoms with Crippen LogP contribution in [-0.4, -0.2) is 21.1 Å². The van der Waals surface area contributed by atoms with Crippen molar-refractivity contribution in [3.05, 3.63) is 59.6 Å². The predicted octanol–water partition coefficient (Wildman–Crippen LogP) is 3.32. The monoisotopic (exact) mass is 322 g/mol. The van der Waals surface area contributed by atoms with Crippen LogP contribution in [-0.2, 0) is 11.2 Å². The number of benzene rings is 1. The molecular weight excluding hydrogens is 304 g/mol. The topological polar surface area (TPSA) is 80.9 Å². The van der Waals surface area contributed by atoms with Gasteiger partial charge in [-0.2, -0.15) is 0 Å². The van der Waals surface area contributed by atoms with Crippen LogP contribution in [0, 0.1) is 13.8 Å². The van der Waals surface area contributed by atoms with Crippen molar-refractivity contribution in [3.63, 3.8) is 0 Å². The minimum atomic E-state index is -0.0872. The summed E-state index contributed by atoms with van der Waals surface area (Å²) in [7, 11) is 0. The Bertz CT molecular complexity index is 843. The number of carbonyl (C=O) groups excluding carboxylic acids is 1. The molecule has 3 aromatic rings. The van der Waals surface area contributed by atoms with E-state index in [9.17, 15) is 4.79 Å². The first kappa shape index (κ1) is 15.9. The number of anilines is 1. The zero-order valence-electron chi connectivity index (χ0n) is 13.6. The molecule has 0 fully saturated rings. The fourth-order valence-corrected chi connectivity index (χ4v) is 2.21. The van der Waals surface area contributed by atoms with E-state index in [0.717, 1.165) is 11.3 Å². The van der Waals surface area contributed by atoms with Crippen molar-refractivity contribution in [3.8, 4) is 11.6 Å². The number of hydrogen-bond acceptors (Lipinski definition) is 5. The highest BCUT2D eigenvalue weighted by molar-refractivity contribution is 5.90. The number of nitrogens with zero attached hydrogens (tertiary/aromatic N) is 3. The van der Waals surface area contributed by atoms with Gasteiger partial charge in [-0.25, -0.2) is 0 Å². The summed E-state index contributed by atoms with van der Waals surface area (Å²) in [5, 5.41) is 10.8. The fraction of sp³-hybridized carbons (Fsp3) is 0.222. The van der Waals surface area contributed by atoms with E-state index in [4.69, 9.17) is 4.42 Å². The van der Waals surface area contributed by atoms with E-state index >= 15 is 0 Å². The maximum atomic E-state index is 12.0. The second-order valence-electron chi connectivity index (χ2n) is 5.56. The molecule has 0 saturated heterocycles. The second kappa shape index (κ2) is 7.04. The van der Waals surface area contributed by atoms with Crippen molar-refractivity contribution < 1.29 is 9.21 Å². The van der Waals surface area contributed by atoms with Crippen LogP contribution >= 0.6 is 0 Å². The zero-order chi connectivity index (χ0) is 16.9. The predicted molar refractivity (Wildman–Crippen MR) is 90.4 cm³/mol. The average molecular weight is 322 g/mol. The first-order chi connectivity index (χ1) is 11.6. The molecule has 1 N–H and O–H groups in total. The van der Waals surface area contributed by atoms with Gasteiger partial charge in [0.2, 0.25) is 11.8 Å². The molecule has 1 amide bonds. The number of nitrogens with one attached hydrogen (secondary N) is 1. The Balaban J connectivity index is 1.56. The number of pyridine rings is 1. The Kier molecular flexibility index (Phi) is 4.65. The van der Waals surface area contributed by atoms with Gasteiger partial charge in [-0.1, -0.05) is 12.1 Å². The highest BCUT2D eigenvalue weighted by Gasteiger charge is 2.11. The number of aryl methyl sites for hydroxylation is 3. The summed E-state index contributed by atoms with van der Waals surface area (Å²) in [5.41, 5.74) is 3.75. The Morgan fingerprint density at radius 2 is 2.00 bits per heavy atom. The molecule has 0 spiro atoms. The minimum absolute atomic E-state index is 0.0872. The van der Waals surface area contributed by atoms with Crippen LogP contribution < -0.4 is 5.32 Å². The van der Waals surface area contributed by atoms with E-state index in [1.807, 2.05) is 44.2 Å². The van der Waals surface area contributed by atoms with Crippen LogP contribution in [0.1, 0.15) is 23.4 Å². The van der Waals surface area contributed by atoms with E-state index < -0.39 is 0 Å². The summed E-state index contributed by atoms with van der Waals surface area (Å²) in [6.45, 7) is 4.05.